The van der Waals surface area contributed by atoms with E-state index in [1.807, 2.05) is 0 Å². The summed E-state index contributed by atoms with van der Waals surface area (Å²) >= 11 is 3.38. The smallest absolute Gasteiger partial charge is 0.302 e. The van der Waals surface area contributed by atoms with E-state index in [1.165, 1.54) is 26.2 Å². The van der Waals surface area contributed by atoms with E-state index in [1.54, 1.807) is 0 Å². The molecule has 0 fully saturated rings. The van der Waals surface area contributed by atoms with Gasteiger partial charge in [0, 0.05) is 12.3 Å². The standard InChI is InChI=1S/C12H21BrO2/c1-12(14)15-11-9-7-5-3-2-4-6-8-10-13/h4,6H,2-3,5,7-11H2,1H3/b6-4+. The molecule has 0 aromatic carbocycles. The van der Waals surface area contributed by atoms with Crippen molar-refractivity contribution in [2.75, 3.05) is 11.9 Å². The van der Waals surface area contributed by atoms with Crippen molar-refractivity contribution in [1.29, 1.82) is 0 Å². The topological polar surface area (TPSA) is 26.3 Å². The number of carbonyl (C=O) groups excluding carboxylic acids is 1. The Hall–Kier alpha value is -0.310. The van der Waals surface area contributed by atoms with Crippen molar-refractivity contribution in [2.24, 2.45) is 0 Å². The third-order valence-electron chi connectivity index (χ3n) is 2.01. The molecule has 0 saturated heterocycles. The molecule has 2 nitrogen and oxygen atoms in total. The van der Waals surface area contributed by atoms with Gasteiger partial charge in [-0.25, -0.2) is 0 Å². The van der Waals surface area contributed by atoms with E-state index in [2.05, 4.69) is 28.1 Å². The number of halogens is 1. The van der Waals surface area contributed by atoms with Gasteiger partial charge in [-0.15, -0.1) is 0 Å². The summed E-state index contributed by atoms with van der Waals surface area (Å²) in [7, 11) is 0. The summed E-state index contributed by atoms with van der Waals surface area (Å²) in [4.78, 5) is 10.4. The zero-order chi connectivity index (χ0) is 11.4. The maximum atomic E-state index is 10.4. The molecule has 88 valence electrons. The van der Waals surface area contributed by atoms with Crippen LogP contribution in [0.4, 0.5) is 0 Å². The van der Waals surface area contributed by atoms with E-state index in [0.29, 0.717) is 6.61 Å². The molecule has 0 rings (SSSR count). The second-order valence-corrected chi connectivity index (χ2v) is 4.28. The van der Waals surface area contributed by atoms with Crippen molar-refractivity contribution in [1.82, 2.24) is 0 Å². The summed E-state index contributed by atoms with van der Waals surface area (Å²) in [5.41, 5.74) is 0. The second-order valence-electron chi connectivity index (χ2n) is 3.49. The average Bonchev–Trinajstić information content (AvgIpc) is 2.20. The van der Waals surface area contributed by atoms with Gasteiger partial charge in [-0.1, -0.05) is 40.9 Å². The van der Waals surface area contributed by atoms with Crippen LogP contribution < -0.4 is 0 Å². The van der Waals surface area contributed by atoms with E-state index in [9.17, 15) is 4.79 Å². The van der Waals surface area contributed by atoms with Gasteiger partial charge < -0.3 is 4.74 Å². The van der Waals surface area contributed by atoms with Gasteiger partial charge >= 0.3 is 5.97 Å². The van der Waals surface area contributed by atoms with Gasteiger partial charge in [0.05, 0.1) is 6.61 Å². The van der Waals surface area contributed by atoms with Crippen LogP contribution in [0.1, 0.15) is 45.4 Å². The molecule has 0 aromatic rings. The minimum atomic E-state index is -0.173. The molecule has 0 aliphatic rings. The van der Waals surface area contributed by atoms with Gasteiger partial charge in [0.2, 0.25) is 0 Å². The second kappa shape index (κ2) is 11.8. The third-order valence-corrected chi connectivity index (χ3v) is 2.47. The highest BCUT2D eigenvalue weighted by Gasteiger charge is 1.92. The Kier molecular flexibility index (Phi) is 11.5. The van der Waals surface area contributed by atoms with Gasteiger partial charge in [-0.2, -0.15) is 0 Å². The molecular formula is C12H21BrO2. The Morgan fingerprint density at radius 2 is 1.80 bits per heavy atom. The molecule has 0 spiro atoms. The van der Waals surface area contributed by atoms with E-state index in [0.717, 1.165) is 24.6 Å². The van der Waals surface area contributed by atoms with Gasteiger partial charge in [-0.05, 0) is 25.7 Å². The Labute approximate surface area is 101 Å². The molecule has 0 amide bonds. The number of esters is 1. The van der Waals surface area contributed by atoms with Crippen LogP contribution in [0.2, 0.25) is 0 Å². The van der Waals surface area contributed by atoms with Crippen LogP contribution in [0.5, 0.6) is 0 Å². The number of allylic oxidation sites excluding steroid dienone is 2. The maximum absolute atomic E-state index is 10.4. The van der Waals surface area contributed by atoms with Crippen LogP contribution in [0, 0.1) is 0 Å². The zero-order valence-electron chi connectivity index (χ0n) is 9.51. The number of carbonyl (C=O) groups is 1. The summed E-state index contributed by atoms with van der Waals surface area (Å²) in [5.74, 6) is -0.173. The van der Waals surface area contributed by atoms with Crippen molar-refractivity contribution in [3.63, 3.8) is 0 Å². The summed E-state index contributed by atoms with van der Waals surface area (Å²) in [6, 6.07) is 0. The number of alkyl halides is 1. The number of ether oxygens (including phenoxy) is 1. The van der Waals surface area contributed by atoms with E-state index in [-0.39, 0.29) is 5.97 Å². The molecule has 0 aromatic heterocycles. The van der Waals surface area contributed by atoms with E-state index in [4.69, 9.17) is 4.74 Å². The highest BCUT2D eigenvalue weighted by Crippen LogP contribution is 2.04. The predicted molar refractivity (Wildman–Crippen MR) is 67.3 cm³/mol. The van der Waals surface area contributed by atoms with Crippen LogP contribution in [-0.4, -0.2) is 17.9 Å². The summed E-state index contributed by atoms with van der Waals surface area (Å²) in [6.45, 7) is 2.03. The molecule has 0 heterocycles. The lowest BCUT2D eigenvalue weighted by Gasteiger charge is -2.00. The van der Waals surface area contributed by atoms with Gasteiger partial charge in [0.1, 0.15) is 0 Å². The van der Waals surface area contributed by atoms with Crippen LogP contribution >= 0.6 is 15.9 Å². The molecular weight excluding hydrogens is 256 g/mol. The molecule has 0 atom stereocenters. The molecule has 0 bridgehead atoms. The van der Waals surface area contributed by atoms with E-state index >= 15 is 0 Å². The summed E-state index contributed by atoms with van der Waals surface area (Å²) in [6.07, 6.45) is 11.3. The summed E-state index contributed by atoms with van der Waals surface area (Å²) in [5, 5.41) is 1.05. The number of rotatable bonds is 9. The highest BCUT2D eigenvalue weighted by atomic mass is 79.9. The monoisotopic (exact) mass is 276 g/mol. The van der Waals surface area contributed by atoms with Gasteiger partial charge in [0.15, 0.2) is 0 Å². The number of hydrogen-bond donors (Lipinski definition) is 0. The minimum Gasteiger partial charge on any atom is -0.466 e. The molecule has 0 N–H and O–H groups in total. The summed E-state index contributed by atoms with van der Waals surface area (Å²) < 4.78 is 4.84. The molecule has 15 heavy (non-hydrogen) atoms. The third kappa shape index (κ3) is 13.7. The maximum Gasteiger partial charge on any atom is 0.302 e. The molecule has 0 aliphatic carbocycles. The first-order valence-corrected chi connectivity index (χ1v) is 6.74. The molecule has 0 unspecified atom stereocenters. The molecule has 3 heteroatoms. The van der Waals surface area contributed by atoms with Crippen molar-refractivity contribution in [3.8, 4) is 0 Å². The van der Waals surface area contributed by atoms with Gasteiger partial charge in [-0.3, -0.25) is 4.79 Å². The van der Waals surface area contributed by atoms with Crippen molar-refractivity contribution >= 4 is 21.9 Å². The fraction of sp³-hybridized carbons (Fsp3) is 0.750. The first kappa shape index (κ1) is 14.7. The lowest BCUT2D eigenvalue weighted by Crippen LogP contribution is -1.99. The SMILES string of the molecule is CC(=O)OCCCCCC/C=C/CCBr. The van der Waals surface area contributed by atoms with Crippen LogP contribution in [0.15, 0.2) is 12.2 Å². The average molecular weight is 277 g/mol. The van der Waals surface area contributed by atoms with Crippen LogP contribution in [0.25, 0.3) is 0 Å². The van der Waals surface area contributed by atoms with Crippen molar-refractivity contribution in [3.05, 3.63) is 12.2 Å². The number of hydrogen-bond acceptors (Lipinski definition) is 2. The zero-order valence-corrected chi connectivity index (χ0v) is 11.1. The van der Waals surface area contributed by atoms with Crippen molar-refractivity contribution in [2.45, 2.75) is 45.4 Å². The first-order chi connectivity index (χ1) is 7.27. The van der Waals surface area contributed by atoms with Crippen LogP contribution in [0.3, 0.4) is 0 Å². The Morgan fingerprint density at radius 3 is 2.47 bits per heavy atom. The Morgan fingerprint density at radius 1 is 1.13 bits per heavy atom. The lowest BCUT2D eigenvalue weighted by molar-refractivity contribution is -0.141. The van der Waals surface area contributed by atoms with Crippen LogP contribution in [-0.2, 0) is 9.53 Å². The lowest BCUT2D eigenvalue weighted by atomic mass is 10.1. The highest BCUT2D eigenvalue weighted by molar-refractivity contribution is 9.09. The quantitative estimate of drug-likeness (QED) is 0.277. The first-order valence-electron chi connectivity index (χ1n) is 5.61. The fourth-order valence-corrected chi connectivity index (χ4v) is 1.50. The minimum absolute atomic E-state index is 0.173. The molecule has 0 saturated carbocycles. The van der Waals surface area contributed by atoms with Gasteiger partial charge in [0.25, 0.3) is 0 Å². The number of unbranched alkanes of at least 4 members (excludes halogenated alkanes) is 4. The predicted octanol–water partition coefficient (Wildman–Crippen LogP) is 3.84. The van der Waals surface area contributed by atoms with Crippen molar-refractivity contribution < 1.29 is 9.53 Å². The van der Waals surface area contributed by atoms with E-state index < -0.39 is 0 Å². The fourth-order valence-electron chi connectivity index (χ4n) is 1.23. The Balaban J connectivity index is 3.01. The molecule has 0 aliphatic heterocycles. The largest absolute Gasteiger partial charge is 0.466 e. The molecule has 0 radical (unpaired) electrons. The normalized spacial score (nSPS) is 10.8. The Bertz CT molecular complexity index is 178.